The van der Waals surface area contributed by atoms with E-state index in [1.165, 1.54) is 0 Å². The van der Waals surface area contributed by atoms with E-state index in [4.69, 9.17) is 4.74 Å². The van der Waals surface area contributed by atoms with Crippen molar-refractivity contribution in [2.24, 2.45) is 10.8 Å². The number of ether oxygens (including phenoxy) is 1. The molecule has 0 bridgehead atoms. The third kappa shape index (κ3) is 3.58. The Labute approximate surface area is 136 Å². The molecule has 1 aliphatic heterocycles. The molecule has 1 N–H and O–H groups in total. The minimum atomic E-state index is -0.414. The SMILES string of the molecule is CC(C)(C)OC(=O)N1CCCC(NC2C(C)(C)C2(C)C)CC1. The van der Waals surface area contributed by atoms with Crippen LogP contribution in [0.2, 0.25) is 0 Å². The predicted octanol–water partition coefficient (Wildman–Crippen LogP) is 3.80. The molecule has 0 aromatic rings. The molecule has 1 aliphatic carbocycles. The maximum atomic E-state index is 12.2. The van der Waals surface area contributed by atoms with Crippen LogP contribution >= 0.6 is 0 Å². The number of rotatable bonds is 2. The fourth-order valence-electron chi connectivity index (χ4n) is 3.62. The van der Waals surface area contributed by atoms with Gasteiger partial charge < -0.3 is 15.0 Å². The van der Waals surface area contributed by atoms with Crippen molar-refractivity contribution in [3.05, 3.63) is 0 Å². The van der Waals surface area contributed by atoms with Gasteiger partial charge in [0.05, 0.1) is 0 Å². The van der Waals surface area contributed by atoms with E-state index in [-0.39, 0.29) is 6.09 Å². The van der Waals surface area contributed by atoms with Crippen LogP contribution in [0, 0.1) is 10.8 Å². The summed E-state index contributed by atoms with van der Waals surface area (Å²) in [6, 6.07) is 1.09. The van der Waals surface area contributed by atoms with Crippen molar-refractivity contribution in [3.63, 3.8) is 0 Å². The van der Waals surface area contributed by atoms with Crippen molar-refractivity contribution in [2.75, 3.05) is 13.1 Å². The molecular formula is C18H34N2O2. The van der Waals surface area contributed by atoms with Crippen LogP contribution in [0.25, 0.3) is 0 Å². The van der Waals surface area contributed by atoms with E-state index in [9.17, 15) is 4.79 Å². The van der Waals surface area contributed by atoms with Gasteiger partial charge in [0, 0.05) is 25.2 Å². The van der Waals surface area contributed by atoms with Gasteiger partial charge in [-0.05, 0) is 50.9 Å². The van der Waals surface area contributed by atoms with Crippen LogP contribution in [0.15, 0.2) is 0 Å². The highest BCUT2D eigenvalue weighted by atomic mass is 16.6. The second-order valence-corrected chi connectivity index (χ2v) is 9.14. The molecule has 2 rings (SSSR count). The summed E-state index contributed by atoms with van der Waals surface area (Å²) in [7, 11) is 0. The zero-order valence-electron chi connectivity index (χ0n) is 15.5. The molecule has 1 saturated heterocycles. The molecule has 128 valence electrons. The number of likely N-dealkylation sites (tertiary alicyclic amines) is 1. The molecule has 1 amide bonds. The van der Waals surface area contributed by atoms with Crippen molar-refractivity contribution in [1.82, 2.24) is 10.2 Å². The number of hydrogen-bond donors (Lipinski definition) is 1. The zero-order valence-corrected chi connectivity index (χ0v) is 15.5. The highest BCUT2D eigenvalue weighted by Gasteiger charge is 2.64. The van der Waals surface area contributed by atoms with Gasteiger partial charge in [-0.25, -0.2) is 4.79 Å². The summed E-state index contributed by atoms with van der Waals surface area (Å²) in [5, 5.41) is 3.84. The molecule has 22 heavy (non-hydrogen) atoms. The highest BCUT2D eigenvalue weighted by Crippen LogP contribution is 2.62. The van der Waals surface area contributed by atoms with Gasteiger partial charge in [0.15, 0.2) is 0 Å². The molecule has 0 spiro atoms. The van der Waals surface area contributed by atoms with Gasteiger partial charge in [-0.2, -0.15) is 0 Å². The van der Waals surface area contributed by atoms with Crippen molar-refractivity contribution in [3.8, 4) is 0 Å². The van der Waals surface area contributed by atoms with E-state index in [1.807, 2.05) is 25.7 Å². The van der Waals surface area contributed by atoms with Gasteiger partial charge >= 0.3 is 6.09 Å². The third-order valence-electron chi connectivity index (χ3n) is 5.80. The Balaban J connectivity index is 1.85. The molecule has 1 saturated carbocycles. The molecule has 1 heterocycles. The first-order valence-electron chi connectivity index (χ1n) is 8.69. The summed E-state index contributed by atoms with van der Waals surface area (Å²) in [6.07, 6.45) is 3.04. The summed E-state index contributed by atoms with van der Waals surface area (Å²) in [5.74, 6) is 0. The predicted molar refractivity (Wildman–Crippen MR) is 89.9 cm³/mol. The second-order valence-electron chi connectivity index (χ2n) is 9.14. The fourth-order valence-corrected chi connectivity index (χ4v) is 3.62. The summed E-state index contributed by atoms with van der Waals surface area (Å²) < 4.78 is 5.49. The molecule has 1 atom stereocenters. The van der Waals surface area contributed by atoms with E-state index >= 15 is 0 Å². The molecule has 0 radical (unpaired) electrons. The lowest BCUT2D eigenvalue weighted by atomic mass is 10.0. The molecule has 1 unspecified atom stereocenters. The lowest BCUT2D eigenvalue weighted by Gasteiger charge is -2.26. The second kappa shape index (κ2) is 5.70. The largest absolute Gasteiger partial charge is 0.444 e. The summed E-state index contributed by atoms with van der Waals surface area (Å²) in [6.45, 7) is 16.7. The average molecular weight is 310 g/mol. The molecule has 4 nitrogen and oxygen atoms in total. The van der Waals surface area contributed by atoms with Crippen LogP contribution in [-0.4, -0.2) is 41.8 Å². The number of nitrogens with zero attached hydrogens (tertiary/aromatic N) is 1. The Kier molecular flexibility index (Phi) is 4.55. The quantitative estimate of drug-likeness (QED) is 0.843. The average Bonchev–Trinajstić information content (AvgIpc) is 2.86. The van der Waals surface area contributed by atoms with Crippen molar-refractivity contribution in [2.45, 2.75) is 85.4 Å². The van der Waals surface area contributed by atoms with Crippen LogP contribution in [-0.2, 0) is 4.74 Å². The summed E-state index contributed by atoms with van der Waals surface area (Å²) in [4.78, 5) is 14.1. The Morgan fingerprint density at radius 3 is 2.18 bits per heavy atom. The normalized spacial score (nSPS) is 28.1. The van der Waals surface area contributed by atoms with E-state index in [1.54, 1.807) is 0 Å². The first-order chi connectivity index (χ1) is 9.95. The molecule has 2 fully saturated rings. The minimum absolute atomic E-state index is 0.166. The number of carbonyl (C=O) groups excluding carboxylic acids is 1. The number of carbonyl (C=O) groups is 1. The molecular weight excluding hydrogens is 276 g/mol. The van der Waals surface area contributed by atoms with Crippen molar-refractivity contribution >= 4 is 6.09 Å². The van der Waals surface area contributed by atoms with Gasteiger partial charge in [-0.15, -0.1) is 0 Å². The van der Waals surface area contributed by atoms with Crippen LogP contribution < -0.4 is 5.32 Å². The standard InChI is InChI=1S/C18H34N2O2/c1-16(2,3)22-15(21)20-11-8-9-13(10-12-20)19-14-17(4,5)18(14,6)7/h13-14,19H,8-12H2,1-7H3. The van der Waals surface area contributed by atoms with Gasteiger partial charge in [-0.1, -0.05) is 27.7 Å². The first kappa shape index (κ1) is 17.6. The minimum Gasteiger partial charge on any atom is -0.444 e. The molecule has 4 heteroatoms. The van der Waals surface area contributed by atoms with Gasteiger partial charge in [0.2, 0.25) is 0 Å². The zero-order chi connectivity index (χ0) is 16.8. The van der Waals surface area contributed by atoms with E-state index < -0.39 is 5.60 Å². The van der Waals surface area contributed by atoms with Gasteiger partial charge in [0.1, 0.15) is 5.60 Å². The van der Waals surface area contributed by atoms with E-state index in [0.717, 1.165) is 32.4 Å². The lowest BCUT2D eigenvalue weighted by Crippen LogP contribution is -2.39. The number of nitrogens with one attached hydrogen (secondary N) is 1. The monoisotopic (exact) mass is 310 g/mol. The van der Waals surface area contributed by atoms with Gasteiger partial charge in [-0.3, -0.25) is 0 Å². The van der Waals surface area contributed by atoms with E-state index in [2.05, 4.69) is 33.0 Å². The Morgan fingerprint density at radius 2 is 1.68 bits per heavy atom. The van der Waals surface area contributed by atoms with E-state index in [0.29, 0.717) is 22.9 Å². The maximum Gasteiger partial charge on any atom is 0.410 e. The highest BCUT2D eigenvalue weighted by molar-refractivity contribution is 5.68. The number of amides is 1. The summed E-state index contributed by atoms with van der Waals surface area (Å²) >= 11 is 0. The maximum absolute atomic E-state index is 12.2. The molecule has 0 aromatic carbocycles. The Morgan fingerprint density at radius 1 is 1.09 bits per heavy atom. The van der Waals surface area contributed by atoms with Crippen LogP contribution in [0.1, 0.15) is 67.7 Å². The topological polar surface area (TPSA) is 41.6 Å². The van der Waals surface area contributed by atoms with Gasteiger partial charge in [0.25, 0.3) is 0 Å². The number of hydrogen-bond acceptors (Lipinski definition) is 3. The van der Waals surface area contributed by atoms with Crippen LogP contribution in [0.5, 0.6) is 0 Å². The first-order valence-corrected chi connectivity index (χ1v) is 8.69. The van der Waals surface area contributed by atoms with Crippen LogP contribution in [0.3, 0.4) is 0 Å². The van der Waals surface area contributed by atoms with Crippen LogP contribution in [0.4, 0.5) is 4.79 Å². The van der Waals surface area contributed by atoms with Crippen molar-refractivity contribution < 1.29 is 9.53 Å². The summed E-state index contributed by atoms with van der Waals surface area (Å²) in [5.41, 5.74) is 0.317. The Hall–Kier alpha value is -0.770. The fraction of sp³-hybridized carbons (Fsp3) is 0.944. The van der Waals surface area contributed by atoms with Crippen molar-refractivity contribution in [1.29, 1.82) is 0 Å². The lowest BCUT2D eigenvalue weighted by molar-refractivity contribution is 0.0256. The Bertz CT molecular complexity index is 409. The smallest absolute Gasteiger partial charge is 0.410 e. The molecule has 2 aliphatic rings. The molecule has 0 aromatic heterocycles. The third-order valence-corrected chi connectivity index (χ3v) is 5.80.